The average molecular weight is 197 g/mol. The first-order valence-corrected chi connectivity index (χ1v) is 4.16. The second kappa shape index (κ2) is 4.61. The highest BCUT2D eigenvalue weighted by Crippen LogP contribution is 2.19. The van der Waals surface area contributed by atoms with Gasteiger partial charge < -0.3 is 15.4 Å². The summed E-state index contributed by atoms with van der Waals surface area (Å²) >= 11 is 4.94. The number of nitrogens with zero attached hydrogens (tertiary/aromatic N) is 1. The summed E-state index contributed by atoms with van der Waals surface area (Å²) in [7, 11) is 3.31. The van der Waals surface area contributed by atoms with E-state index in [1.54, 1.807) is 20.4 Å². The fraction of sp³-hybridized carbons (Fsp3) is 0.250. The maximum absolute atomic E-state index is 5.03. The molecular weight excluding hydrogens is 186 g/mol. The van der Waals surface area contributed by atoms with E-state index < -0.39 is 0 Å². The van der Waals surface area contributed by atoms with Crippen LogP contribution in [0.3, 0.4) is 0 Å². The second-order valence-corrected chi connectivity index (χ2v) is 2.67. The predicted octanol–water partition coefficient (Wildman–Crippen LogP) is 1.01. The molecule has 0 saturated carbocycles. The highest BCUT2D eigenvalue weighted by molar-refractivity contribution is 7.80. The molecule has 1 aromatic heterocycles. The summed E-state index contributed by atoms with van der Waals surface area (Å²) in [6, 6.07) is 3.65. The molecule has 0 aliphatic carbocycles. The molecule has 5 heteroatoms. The normalized spacial score (nSPS) is 9.08. The van der Waals surface area contributed by atoms with Crippen LogP contribution in [0.1, 0.15) is 0 Å². The largest absolute Gasteiger partial charge is 0.480 e. The van der Waals surface area contributed by atoms with Gasteiger partial charge >= 0.3 is 0 Å². The molecule has 0 radical (unpaired) electrons. The lowest BCUT2D eigenvalue weighted by atomic mass is 10.4. The van der Waals surface area contributed by atoms with Crippen LogP contribution < -0.4 is 15.4 Å². The van der Waals surface area contributed by atoms with Crippen molar-refractivity contribution in [1.29, 1.82) is 0 Å². The van der Waals surface area contributed by atoms with Crippen molar-refractivity contribution in [2.45, 2.75) is 0 Å². The van der Waals surface area contributed by atoms with Gasteiger partial charge in [-0.05, 0) is 24.4 Å². The first-order chi connectivity index (χ1) is 6.27. The summed E-state index contributed by atoms with van der Waals surface area (Å²) in [5, 5.41) is 6.28. The van der Waals surface area contributed by atoms with Crippen molar-refractivity contribution < 1.29 is 4.74 Å². The molecule has 1 aromatic rings. The molecule has 0 unspecified atom stereocenters. The molecule has 4 nitrogen and oxygen atoms in total. The van der Waals surface area contributed by atoms with Gasteiger partial charge in [0.25, 0.3) is 0 Å². The van der Waals surface area contributed by atoms with E-state index in [2.05, 4.69) is 15.6 Å². The van der Waals surface area contributed by atoms with Crippen molar-refractivity contribution in [2.24, 2.45) is 0 Å². The van der Waals surface area contributed by atoms with Crippen LogP contribution in [0, 0.1) is 0 Å². The van der Waals surface area contributed by atoms with Gasteiger partial charge in [0, 0.05) is 13.2 Å². The van der Waals surface area contributed by atoms with Crippen LogP contribution in [0.4, 0.5) is 5.69 Å². The molecule has 1 heterocycles. The number of ether oxygens (including phenoxy) is 1. The number of pyridine rings is 1. The minimum atomic E-state index is 0.528. The topological polar surface area (TPSA) is 46.2 Å². The summed E-state index contributed by atoms with van der Waals surface area (Å²) in [6.07, 6.45) is 1.66. The van der Waals surface area contributed by atoms with Crippen molar-refractivity contribution in [1.82, 2.24) is 10.3 Å². The monoisotopic (exact) mass is 197 g/mol. The Morgan fingerprint density at radius 3 is 3.00 bits per heavy atom. The third-order valence-corrected chi connectivity index (χ3v) is 1.75. The van der Waals surface area contributed by atoms with Crippen LogP contribution in [0.15, 0.2) is 18.3 Å². The van der Waals surface area contributed by atoms with Crippen LogP contribution in [0.25, 0.3) is 0 Å². The Balaban J connectivity index is 2.81. The van der Waals surface area contributed by atoms with Gasteiger partial charge in [-0.25, -0.2) is 4.98 Å². The van der Waals surface area contributed by atoms with Crippen molar-refractivity contribution in [3.8, 4) is 5.88 Å². The lowest BCUT2D eigenvalue weighted by molar-refractivity contribution is 0.400. The van der Waals surface area contributed by atoms with E-state index in [9.17, 15) is 0 Å². The third kappa shape index (κ3) is 2.55. The van der Waals surface area contributed by atoms with E-state index in [4.69, 9.17) is 17.0 Å². The van der Waals surface area contributed by atoms with Gasteiger partial charge in [0.1, 0.15) is 5.69 Å². The zero-order chi connectivity index (χ0) is 9.68. The highest BCUT2D eigenvalue weighted by atomic mass is 32.1. The minimum Gasteiger partial charge on any atom is -0.480 e. The molecule has 0 spiro atoms. The van der Waals surface area contributed by atoms with Gasteiger partial charge in [-0.3, -0.25) is 0 Å². The van der Waals surface area contributed by atoms with Crippen LogP contribution in [-0.2, 0) is 0 Å². The van der Waals surface area contributed by atoms with Crippen LogP contribution in [-0.4, -0.2) is 24.3 Å². The van der Waals surface area contributed by atoms with Gasteiger partial charge in [0.15, 0.2) is 5.11 Å². The number of hydrogen-bond donors (Lipinski definition) is 2. The fourth-order valence-corrected chi connectivity index (χ4v) is 0.943. The zero-order valence-corrected chi connectivity index (χ0v) is 8.31. The smallest absolute Gasteiger partial charge is 0.237 e. The Morgan fingerprint density at radius 1 is 1.62 bits per heavy atom. The average Bonchev–Trinajstić information content (AvgIpc) is 2.18. The Bertz CT molecular complexity index is 303. The number of rotatable bonds is 2. The van der Waals surface area contributed by atoms with E-state index in [1.165, 1.54) is 0 Å². The van der Waals surface area contributed by atoms with E-state index in [1.807, 2.05) is 12.1 Å². The quantitative estimate of drug-likeness (QED) is 0.693. The molecular formula is C8H11N3OS. The predicted molar refractivity (Wildman–Crippen MR) is 56.1 cm³/mol. The molecule has 0 bridgehead atoms. The number of methoxy groups -OCH3 is 1. The van der Waals surface area contributed by atoms with Crippen molar-refractivity contribution in [3.63, 3.8) is 0 Å². The Kier molecular flexibility index (Phi) is 3.45. The molecule has 0 fully saturated rings. The van der Waals surface area contributed by atoms with Crippen LogP contribution >= 0.6 is 12.2 Å². The van der Waals surface area contributed by atoms with Crippen LogP contribution in [0.5, 0.6) is 5.88 Å². The molecule has 0 aromatic carbocycles. The summed E-state index contributed by atoms with van der Waals surface area (Å²) in [5.74, 6) is 0.528. The molecule has 2 N–H and O–H groups in total. The van der Waals surface area contributed by atoms with Crippen molar-refractivity contribution >= 4 is 23.0 Å². The van der Waals surface area contributed by atoms with Gasteiger partial charge in [-0.1, -0.05) is 0 Å². The number of hydrogen-bond acceptors (Lipinski definition) is 3. The first kappa shape index (κ1) is 9.73. The van der Waals surface area contributed by atoms with E-state index >= 15 is 0 Å². The Hall–Kier alpha value is -1.36. The van der Waals surface area contributed by atoms with Gasteiger partial charge in [-0.2, -0.15) is 0 Å². The molecule has 0 atom stereocenters. The van der Waals surface area contributed by atoms with Gasteiger partial charge in [0.05, 0.1) is 7.11 Å². The lowest BCUT2D eigenvalue weighted by Crippen LogP contribution is -2.24. The van der Waals surface area contributed by atoms with E-state index in [-0.39, 0.29) is 0 Å². The standard InChI is InChI=1S/C8H11N3OS/c1-9-8(13)11-6-4-3-5-10-7(6)12-2/h3-5H,1-2H3,(H2,9,11,13). The minimum absolute atomic E-state index is 0.528. The number of nitrogens with one attached hydrogen (secondary N) is 2. The molecule has 70 valence electrons. The van der Waals surface area contributed by atoms with Crippen molar-refractivity contribution in [3.05, 3.63) is 18.3 Å². The van der Waals surface area contributed by atoms with Gasteiger partial charge in [-0.15, -0.1) is 0 Å². The Morgan fingerprint density at radius 2 is 2.38 bits per heavy atom. The summed E-state index contributed by atoms with van der Waals surface area (Å²) in [6.45, 7) is 0. The first-order valence-electron chi connectivity index (χ1n) is 3.75. The maximum atomic E-state index is 5.03. The molecule has 0 aliphatic heterocycles. The lowest BCUT2D eigenvalue weighted by Gasteiger charge is -2.09. The number of anilines is 1. The van der Waals surface area contributed by atoms with Gasteiger partial charge in [0.2, 0.25) is 5.88 Å². The van der Waals surface area contributed by atoms with Crippen molar-refractivity contribution in [2.75, 3.05) is 19.5 Å². The third-order valence-electron chi connectivity index (χ3n) is 1.44. The number of thiocarbonyl (C=S) groups is 1. The molecule has 0 amide bonds. The SMILES string of the molecule is CNC(=S)Nc1cccnc1OC. The molecule has 0 aliphatic rings. The summed E-state index contributed by atoms with van der Waals surface area (Å²) in [4.78, 5) is 4.01. The van der Waals surface area contributed by atoms with E-state index in [0.717, 1.165) is 5.69 Å². The summed E-state index contributed by atoms with van der Waals surface area (Å²) in [5.41, 5.74) is 0.754. The Labute approximate surface area is 82.3 Å². The van der Waals surface area contributed by atoms with Crippen LogP contribution in [0.2, 0.25) is 0 Å². The molecule has 0 saturated heterocycles. The van der Waals surface area contributed by atoms with E-state index in [0.29, 0.717) is 11.0 Å². The fourth-order valence-electron chi connectivity index (χ4n) is 0.833. The number of aromatic nitrogens is 1. The maximum Gasteiger partial charge on any atom is 0.237 e. The highest BCUT2D eigenvalue weighted by Gasteiger charge is 2.02. The second-order valence-electron chi connectivity index (χ2n) is 2.26. The molecule has 1 rings (SSSR count). The molecule has 13 heavy (non-hydrogen) atoms. The zero-order valence-electron chi connectivity index (χ0n) is 7.50. The summed E-state index contributed by atoms with van der Waals surface area (Å²) < 4.78 is 5.03.